The Morgan fingerprint density at radius 2 is 2.00 bits per heavy atom. The summed E-state index contributed by atoms with van der Waals surface area (Å²) in [6.45, 7) is 7.44. The predicted molar refractivity (Wildman–Crippen MR) is 86.6 cm³/mol. The second-order valence-electron chi connectivity index (χ2n) is 6.57. The minimum absolute atomic E-state index is 0.141. The van der Waals surface area contributed by atoms with E-state index < -0.39 is 0 Å². The van der Waals surface area contributed by atoms with Crippen molar-refractivity contribution in [1.29, 1.82) is 0 Å². The molecule has 3 heteroatoms. The van der Waals surface area contributed by atoms with Crippen LogP contribution in [0.15, 0.2) is 23.6 Å². The first-order valence-electron chi connectivity index (χ1n) is 7.33. The van der Waals surface area contributed by atoms with Crippen molar-refractivity contribution in [3.63, 3.8) is 0 Å². The van der Waals surface area contributed by atoms with Crippen LogP contribution in [0.5, 0.6) is 0 Å². The third-order valence-electron chi connectivity index (χ3n) is 3.86. The Morgan fingerprint density at radius 1 is 1.20 bits per heavy atom. The molecule has 0 saturated heterocycles. The van der Waals surface area contributed by atoms with Crippen LogP contribution in [0.3, 0.4) is 0 Å². The molecule has 0 spiro atoms. The number of aryl methyl sites for hydroxylation is 2. The fourth-order valence-corrected chi connectivity index (χ4v) is 3.56. The molecule has 106 valence electrons. The maximum absolute atomic E-state index is 4.73. The molecule has 0 aliphatic heterocycles. The second kappa shape index (κ2) is 5.21. The normalized spacial score (nSPS) is 14.3. The zero-order valence-electron chi connectivity index (χ0n) is 12.5. The van der Waals surface area contributed by atoms with Crippen LogP contribution in [0.4, 0.5) is 5.69 Å². The molecule has 1 aromatic carbocycles. The lowest BCUT2D eigenvalue weighted by molar-refractivity contribution is 0.571. The third-order valence-corrected chi connectivity index (χ3v) is 4.71. The molecular weight excluding hydrogens is 264 g/mol. The summed E-state index contributed by atoms with van der Waals surface area (Å²) in [5.74, 6) is 0. The van der Waals surface area contributed by atoms with E-state index in [9.17, 15) is 0 Å². The first-order valence-corrected chi connectivity index (χ1v) is 8.21. The van der Waals surface area contributed by atoms with Crippen molar-refractivity contribution in [3.8, 4) is 0 Å². The molecule has 1 aliphatic carbocycles. The van der Waals surface area contributed by atoms with E-state index >= 15 is 0 Å². The smallest absolute Gasteiger partial charge is 0.112 e. The summed E-state index contributed by atoms with van der Waals surface area (Å²) in [6, 6.07) is 6.77. The number of hydrogen-bond donors (Lipinski definition) is 1. The van der Waals surface area contributed by atoms with Crippen LogP contribution in [-0.4, -0.2) is 4.98 Å². The number of hydrogen-bond acceptors (Lipinski definition) is 3. The Labute approximate surface area is 125 Å². The first kappa shape index (κ1) is 13.6. The number of aromatic nitrogens is 1. The van der Waals surface area contributed by atoms with Crippen molar-refractivity contribution < 1.29 is 0 Å². The maximum Gasteiger partial charge on any atom is 0.112 e. The molecule has 3 rings (SSSR count). The summed E-state index contributed by atoms with van der Waals surface area (Å²) in [4.78, 5) is 4.73. The van der Waals surface area contributed by atoms with Gasteiger partial charge in [0.05, 0.1) is 12.2 Å². The van der Waals surface area contributed by atoms with Gasteiger partial charge in [0.15, 0.2) is 0 Å². The number of fused-ring (bicyclic) bond motifs is 1. The highest BCUT2D eigenvalue weighted by Gasteiger charge is 2.17. The van der Waals surface area contributed by atoms with Crippen LogP contribution >= 0.6 is 11.3 Å². The van der Waals surface area contributed by atoms with Crippen molar-refractivity contribution in [2.75, 3.05) is 5.32 Å². The van der Waals surface area contributed by atoms with E-state index in [4.69, 9.17) is 4.98 Å². The quantitative estimate of drug-likeness (QED) is 0.896. The van der Waals surface area contributed by atoms with Crippen LogP contribution in [0.25, 0.3) is 0 Å². The van der Waals surface area contributed by atoms with Gasteiger partial charge in [0.25, 0.3) is 0 Å². The van der Waals surface area contributed by atoms with Gasteiger partial charge in [0.2, 0.25) is 0 Å². The van der Waals surface area contributed by atoms with Gasteiger partial charge in [-0.15, -0.1) is 11.3 Å². The summed E-state index contributed by atoms with van der Waals surface area (Å²) in [5, 5.41) is 6.85. The molecule has 0 amide bonds. The van der Waals surface area contributed by atoms with Gasteiger partial charge in [-0.05, 0) is 42.5 Å². The van der Waals surface area contributed by atoms with Crippen molar-refractivity contribution in [3.05, 3.63) is 45.4 Å². The summed E-state index contributed by atoms with van der Waals surface area (Å²) >= 11 is 1.75. The fraction of sp³-hybridized carbons (Fsp3) is 0.471. The molecule has 1 aliphatic rings. The van der Waals surface area contributed by atoms with Crippen LogP contribution in [0.2, 0.25) is 0 Å². The lowest BCUT2D eigenvalue weighted by Crippen LogP contribution is -2.11. The Bertz CT molecular complexity index is 608. The Kier molecular flexibility index (Phi) is 3.55. The van der Waals surface area contributed by atoms with E-state index in [1.54, 1.807) is 11.3 Å². The third kappa shape index (κ3) is 2.88. The molecule has 0 atom stereocenters. The Morgan fingerprint density at radius 3 is 2.75 bits per heavy atom. The fourth-order valence-electron chi connectivity index (χ4n) is 2.60. The molecule has 0 bridgehead atoms. The van der Waals surface area contributed by atoms with Crippen molar-refractivity contribution >= 4 is 17.0 Å². The molecule has 1 aromatic heterocycles. The van der Waals surface area contributed by atoms with E-state index in [-0.39, 0.29) is 5.41 Å². The molecule has 20 heavy (non-hydrogen) atoms. The average molecular weight is 286 g/mol. The zero-order chi connectivity index (χ0) is 14.2. The molecule has 0 unspecified atom stereocenters. The number of rotatable bonds is 3. The van der Waals surface area contributed by atoms with Gasteiger partial charge < -0.3 is 5.32 Å². The van der Waals surface area contributed by atoms with Crippen molar-refractivity contribution in [2.45, 2.75) is 52.0 Å². The van der Waals surface area contributed by atoms with E-state index in [1.807, 2.05) is 0 Å². The summed E-state index contributed by atoms with van der Waals surface area (Å²) in [6.07, 6.45) is 3.79. The molecule has 1 N–H and O–H groups in total. The van der Waals surface area contributed by atoms with Gasteiger partial charge in [0.1, 0.15) is 5.01 Å². The van der Waals surface area contributed by atoms with Gasteiger partial charge in [0, 0.05) is 16.5 Å². The van der Waals surface area contributed by atoms with Gasteiger partial charge in [-0.3, -0.25) is 0 Å². The molecule has 2 nitrogen and oxygen atoms in total. The standard InChI is InChI=1S/C17H22N2S/c1-17(2,3)15-11-20-16(19-15)10-18-14-8-7-12-5-4-6-13(12)9-14/h7-9,11,18H,4-6,10H2,1-3H3. The highest BCUT2D eigenvalue weighted by molar-refractivity contribution is 7.09. The van der Waals surface area contributed by atoms with Gasteiger partial charge in [-0.2, -0.15) is 0 Å². The van der Waals surface area contributed by atoms with Crippen LogP contribution < -0.4 is 5.32 Å². The second-order valence-corrected chi connectivity index (χ2v) is 7.51. The largest absolute Gasteiger partial charge is 0.379 e. The predicted octanol–water partition coefficient (Wildman–Crippen LogP) is 4.54. The number of nitrogens with zero attached hydrogens (tertiary/aromatic N) is 1. The Hall–Kier alpha value is -1.35. The van der Waals surface area contributed by atoms with Crippen LogP contribution in [0, 0.1) is 0 Å². The molecule has 1 heterocycles. The molecular formula is C17H22N2S. The first-order chi connectivity index (χ1) is 9.52. The molecule has 0 fully saturated rings. The minimum Gasteiger partial charge on any atom is -0.379 e. The van der Waals surface area contributed by atoms with Gasteiger partial charge in [-0.25, -0.2) is 4.98 Å². The highest BCUT2D eigenvalue weighted by Crippen LogP contribution is 2.26. The van der Waals surface area contributed by atoms with Gasteiger partial charge in [-0.1, -0.05) is 26.8 Å². The lowest BCUT2D eigenvalue weighted by Gasteiger charge is -2.14. The Balaban J connectivity index is 1.66. The topological polar surface area (TPSA) is 24.9 Å². The van der Waals surface area contributed by atoms with Crippen LogP contribution in [0.1, 0.15) is 49.0 Å². The summed E-state index contributed by atoms with van der Waals surface area (Å²) < 4.78 is 0. The molecule has 0 saturated carbocycles. The summed E-state index contributed by atoms with van der Waals surface area (Å²) in [5.41, 5.74) is 5.60. The number of benzene rings is 1. The van der Waals surface area contributed by atoms with E-state index in [0.717, 1.165) is 11.6 Å². The average Bonchev–Trinajstić information content (AvgIpc) is 3.04. The highest BCUT2D eigenvalue weighted by atomic mass is 32.1. The summed E-state index contributed by atoms with van der Waals surface area (Å²) in [7, 11) is 0. The van der Waals surface area contributed by atoms with Crippen molar-refractivity contribution in [1.82, 2.24) is 4.98 Å². The molecule has 0 radical (unpaired) electrons. The van der Waals surface area contributed by atoms with Crippen LogP contribution in [-0.2, 0) is 24.8 Å². The van der Waals surface area contributed by atoms with E-state index in [0.29, 0.717) is 0 Å². The number of nitrogens with one attached hydrogen (secondary N) is 1. The van der Waals surface area contributed by atoms with Crippen molar-refractivity contribution in [2.24, 2.45) is 0 Å². The molecule has 2 aromatic rings. The monoisotopic (exact) mass is 286 g/mol. The number of anilines is 1. The van der Waals surface area contributed by atoms with E-state index in [2.05, 4.69) is 49.7 Å². The zero-order valence-corrected chi connectivity index (χ0v) is 13.3. The minimum atomic E-state index is 0.141. The lowest BCUT2D eigenvalue weighted by atomic mass is 9.93. The van der Waals surface area contributed by atoms with Gasteiger partial charge >= 0.3 is 0 Å². The van der Waals surface area contributed by atoms with E-state index in [1.165, 1.54) is 41.8 Å². The number of thiazole rings is 1. The SMILES string of the molecule is CC(C)(C)c1csc(CNc2ccc3c(c2)CCC3)n1. The maximum atomic E-state index is 4.73.